The lowest BCUT2D eigenvalue weighted by molar-refractivity contribution is -0.119. The van der Waals surface area contributed by atoms with Crippen molar-refractivity contribution in [2.75, 3.05) is 17.4 Å². The maximum absolute atomic E-state index is 13.3. The Kier molecular flexibility index (Phi) is 6.84. The Morgan fingerprint density at radius 1 is 0.933 bits per heavy atom. The molecule has 0 fully saturated rings. The number of rotatable bonds is 8. The largest absolute Gasteiger partial charge is 0.354 e. The van der Waals surface area contributed by atoms with Crippen molar-refractivity contribution in [1.82, 2.24) is 5.32 Å². The molecule has 0 heterocycles. The molecule has 30 heavy (non-hydrogen) atoms. The van der Waals surface area contributed by atoms with Gasteiger partial charge in [0.15, 0.2) is 0 Å². The Morgan fingerprint density at radius 3 is 2.10 bits per heavy atom. The third-order valence-electron chi connectivity index (χ3n) is 4.71. The Balaban J connectivity index is 1.78. The van der Waals surface area contributed by atoms with Gasteiger partial charge in [-0.15, -0.1) is 0 Å². The van der Waals surface area contributed by atoms with E-state index in [0.29, 0.717) is 12.2 Å². The first kappa shape index (κ1) is 21.5. The Morgan fingerprint density at radius 2 is 1.50 bits per heavy atom. The van der Waals surface area contributed by atoms with Crippen LogP contribution in [0.5, 0.6) is 0 Å². The van der Waals surface area contributed by atoms with Gasteiger partial charge in [0.1, 0.15) is 12.4 Å². The van der Waals surface area contributed by atoms with Crippen molar-refractivity contribution >= 4 is 21.6 Å². The number of hydrogen-bond donors (Lipinski definition) is 1. The van der Waals surface area contributed by atoms with Crippen LogP contribution in [0, 0.1) is 5.82 Å². The fraction of sp³-hybridized carbons (Fsp3) is 0.174. The number of anilines is 1. The average molecular weight is 427 g/mol. The summed E-state index contributed by atoms with van der Waals surface area (Å²) in [6, 6.07) is 22.7. The summed E-state index contributed by atoms with van der Waals surface area (Å²) in [5.74, 6) is -0.880. The summed E-state index contributed by atoms with van der Waals surface area (Å²) >= 11 is 0. The zero-order valence-electron chi connectivity index (χ0n) is 16.5. The second kappa shape index (κ2) is 9.54. The van der Waals surface area contributed by atoms with Crippen molar-refractivity contribution in [1.29, 1.82) is 0 Å². The molecule has 3 aromatic carbocycles. The lowest BCUT2D eigenvalue weighted by Crippen LogP contribution is -2.41. The molecule has 0 unspecified atom stereocenters. The van der Waals surface area contributed by atoms with E-state index in [4.69, 9.17) is 0 Å². The van der Waals surface area contributed by atoms with Crippen molar-refractivity contribution in [3.05, 3.63) is 96.3 Å². The van der Waals surface area contributed by atoms with Gasteiger partial charge in [-0.2, -0.15) is 0 Å². The first-order valence-electron chi connectivity index (χ1n) is 9.53. The molecular weight excluding hydrogens is 403 g/mol. The molecule has 0 aliphatic rings. The van der Waals surface area contributed by atoms with Crippen LogP contribution in [0.15, 0.2) is 89.8 Å². The standard InChI is InChI=1S/C23H23FN2O3S/c1-18(19-8-4-2-5-9-19)16-25-23(27)17-26(21-10-6-3-7-11-21)30(28,29)22-14-12-20(24)13-15-22/h2-15,18H,16-17H2,1H3,(H,25,27)/t18-/m0/s1. The number of nitrogens with one attached hydrogen (secondary N) is 1. The van der Waals surface area contributed by atoms with Gasteiger partial charge in [0, 0.05) is 6.54 Å². The van der Waals surface area contributed by atoms with E-state index >= 15 is 0 Å². The third-order valence-corrected chi connectivity index (χ3v) is 6.50. The molecule has 0 aliphatic carbocycles. The molecule has 7 heteroatoms. The number of carbonyl (C=O) groups excluding carboxylic acids is 1. The number of amides is 1. The summed E-state index contributed by atoms with van der Waals surface area (Å²) in [5, 5.41) is 2.81. The molecule has 3 aromatic rings. The van der Waals surface area contributed by atoms with E-state index in [2.05, 4.69) is 5.32 Å². The first-order chi connectivity index (χ1) is 14.4. The zero-order valence-corrected chi connectivity index (χ0v) is 17.3. The Bertz CT molecular complexity index is 1070. The minimum atomic E-state index is -4.05. The zero-order chi connectivity index (χ0) is 21.6. The smallest absolute Gasteiger partial charge is 0.264 e. The van der Waals surface area contributed by atoms with Gasteiger partial charge in [-0.05, 0) is 47.9 Å². The molecule has 156 valence electrons. The lowest BCUT2D eigenvalue weighted by atomic mass is 10.0. The van der Waals surface area contributed by atoms with Gasteiger partial charge in [-0.3, -0.25) is 9.10 Å². The van der Waals surface area contributed by atoms with E-state index in [1.165, 1.54) is 12.1 Å². The van der Waals surface area contributed by atoms with E-state index in [1.54, 1.807) is 30.3 Å². The molecule has 1 amide bonds. The Hall–Kier alpha value is -3.19. The van der Waals surface area contributed by atoms with Crippen molar-refractivity contribution in [3.63, 3.8) is 0 Å². The third kappa shape index (κ3) is 5.24. The van der Waals surface area contributed by atoms with Crippen molar-refractivity contribution < 1.29 is 17.6 Å². The van der Waals surface area contributed by atoms with Crippen LogP contribution in [0.4, 0.5) is 10.1 Å². The van der Waals surface area contributed by atoms with Gasteiger partial charge in [0.25, 0.3) is 10.0 Å². The van der Waals surface area contributed by atoms with E-state index in [1.807, 2.05) is 37.3 Å². The van der Waals surface area contributed by atoms with Gasteiger partial charge in [-0.25, -0.2) is 12.8 Å². The SMILES string of the molecule is C[C@@H](CNC(=O)CN(c1ccccc1)S(=O)(=O)c1ccc(F)cc1)c1ccccc1. The molecule has 5 nitrogen and oxygen atoms in total. The summed E-state index contributed by atoms with van der Waals surface area (Å²) in [5.41, 5.74) is 1.43. The molecule has 0 aromatic heterocycles. The van der Waals surface area contributed by atoms with E-state index in [9.17, 15) is 17.6 Å². The summed E-state index contributed by atoms with van der Waals surface area (Å²) in [6.45, 7) is 1.98. The van der Waals surface area contributed by atoms with Gasteiger partial charge in [0.2, 0.25) is 5.91 Å². The van der Waals surface area contributed by atoms with Gasteiger partial charge in [-0.1, -0.05) is 55.5 Å². The van der Waals surface area contributed by atoms with E-state index in [-0.39, 0.29) is 17.4 Å². The minimum Gasteiger partial charge on any atom is -0.354 e. The number of carbonyl (C=O) groups is 1. The summed E-state index contributed by atoms with van der Waals surface area (Å²) < 4.78 is 40.6. The molecule has 1 atom stereocenters. The molecule has 0 saturated carbocycles. The molecule has 0 radical (unpaired) electrons. The van der Waals surface area contributed by atoms with Gasteiger partial charge < -0.3 is 5.32 Å². The van der Waals surface area contributed by atoms with Crippen LogP contribution in [-0.4, -0.2) is 27.4 Å². The maximum Gasteiger partial charge on any atom is 0.264 e. The summed E-state index contributed by atoms with van der Waals surface area (Å²) in [6.07, 6.45) is 0. The van der Waals surface area contributed by atoms with Crippen LogP contribution in [0.25, 0.3) is 0 Å². The molecule has 0 spiro atoms. The van der Waals surface area contributed by atoms with Crippen LogP contribution in [0.1, 0.15) is 18.4 Å². The predicted molar refractivity (Wildman–Crippen MR) is 115 cm³/mol. The molecular formula is C23H23FN2O3S. The lowest BCUT2D eigenvalue weighted by Gasteiger charge is -2.24. The second-order valence-electron chi connectivity index (χ2n) is 6.92. The predicted octanol–water partition coefficient (Wildman–Crippen LogP) is 3.94. The van der Waals surface area contributed by atoms with E-state index < -0.39 is 21.7 Å². The van der Waals surface area contributed by atoms with Crippen LogP contribution >= 0.6 is 0 Å². The molecule has 0 aliphatic heterocycles. The molecule has 3 rings (SSSR count). The van der Waals surface area contributed by atoms with Crippen LogP contribution < -0.4 is 9.62 Å². The average Bonchev–Trinajstić information content (AvgIpc) is 2.77. The van der Waals surface area contributed by atoms with Crippen molar-refractivity contribution in [3.8, 4) is 0 Å². The van der Waals surface area contributed by atoms with E-state index in [0.717, 1.165) is 22.0 Å². The number of para-hydroxylation sites is 1. The van der Waals surface area contributed by atoms with Crippen molar-refractivity contribution in [2.24, 2.45) is 0 Å². The highest BCUT2D eigenvalue weighted by molar-refractivity contribution is 7.92. The quantitative estimate of drug-likeness (QED) is 0.593. The maximum atomic E-state index is 13.3. The summed E-state index contributed by atoms with van der Waals surface area (Å²) in [7, 11) is -4.05. The first-order valence-corrected chi connectivity index (χ1v) is 11.0. The van der Waals surface area contributed by atoms with Crippen LogP contribution in [0.2, 0.25) is 0 Å². The van der Waals surface area contributed by atoms with Gasteiger partial charge in [0.05, 0.1) is 10.6 Å². The fourth-order valence-corrected chi connectivity index (χ4v) is 4.42. The molecule has 0 saturated heterocycles. The highest BCUT2D eigenvalue weighted by Gasteiger charge is 2.27. The summed E-state index contributed by atoms with van der Waals surface area (Å²) in [4.78, 5) is 12.5. The number of halogens is 1. The minimum absolute atomic E-state index is 0.0778. The normalized spacial score (nSPS) is 12.2. The number of sulfonamides is 1. The fourth-order valence-electron chi connectivity index (χ4n) is 3.00. The number of hydrogen-bond acceptors (Lipinski definition) is 3. The number of nitrogens with zero attached hydrogens (tertiary/aromatic N) is 1. The highest BCUT2D eigenvalue weighted by Crippen LogP contribution is 2.23. The highest BCUT2D eigenvalue weighted by atomic mass is 32.2. The second-order valence-corrected chi connectivity index (χ2v) is 8.78. The molecule has 1 N–H and O–H groups in total. The topological polar surface area (TPSA) is 66.5 Å². The number of benzene rings is 3. The Labute approximate surface area is 176 Å². The van der Waals surface area contributed by atoms with Crippen LogP contribution in [-0.2, 0) is 14.8 Å². The molecule has 0 bridgehead atoms. The van der Waals surface area contributed by atoms with Gasteiger partial charge >= 0.3 is 0 Å². The van der Waals surface area contributed by atoms with Crippen molar-refractivity contribution in [2.45, 2.75) is 17.7 Å². The monoisotopic (exact) mass is 426 g/mol. The van der Waals surface area contributed by atoms with Crippen LogP contribution in [0.3, 0.4) is 0 Å².